The molecule has 0 saturated heterocycles. The number of hydrogen-bond donors (Lipinski definition) is 2. The van der Waals surface area contributed by atoms with Crippen LogP contribution in [0.5, 0.6) is 0 Å². The lowest BCUT2D eigenvalue weighted by molar-refractivity contribution is -0.117. The Morgan fingerprint density at radius 2 is 2.11 bits per heavy atom. The fourth-order valence-corrected chi connectivity index (χ4v) is 1.97. The topological polar surface area (TPSA) is 49.3 Å². The summed E-state index contributed by atoms with van der Waals surface area (Å²) in [6.07, 6.45) is 3.86. The number of aliphatic hydroxyl groups excluding tert-OH is 1. The molecule has 3 nitrogen and oxygen atoms in total. The maximum atomic E-state index is 11.7. The summed E-state index contributed by atoms with van der Waals surface area (Å²) in [6.45, 7) is 4.05. The minimum absolute atomic E-state index is 0.0517. The minimum Gasteiger partial charge on any atom is -0.394 e. The van der Waals surface area contributed by atoms with Crippen molar-refractivity contribution in [1.29, 1.82) is 0 Å². The van der Waals surface area contributed by atoms with Gasteiger partial charge in [0.05, 0.1) is 12.6 Å². The molecule has 0 aliphatic carbocycles. The summed E-state index contributed by atoms with van der Waals surface area (Å²) in [5.41, 5.74) is 0.795. The Kier molecular flexibility index (Phi) is 6.60. The molecule has 0 heterocycles. The van der Waals surface area contributed by atoms with Crippen molar-refractivity contribution in [3.05, 3.63) is 40.9 Å². The second kappa shape index (κ2) is 7.97. The predicted molar refractivity (Wildman–Crippen MR) is 79.0 cm³/mol. The first kappa shape index (κ1) is 15.7. The van der Waals surface area contributed by atoms with E-state index in [-0.39, 0.29) is 18.6 Å². The zero-order chi connectivity index (χ0) is 14.3. The molecule has 1 amide bonds. The molecule has 104 valence electrons. The van der Waals surface area contributed by atoms with E-state index in [0.717, 1.165) is 12.0 Å². The van der Waals surface area contributed by atoms with Crippen LogP contribution in [0.4, 0.5) is 0 Å². The Morgan fingerprint density at radius 1 is 1.42 bits per heavy atom. The molecule has 1 aromatic carbocycles. The molecular weight excluding hydrogens is 262 g/mol. The van der Waals surface area contributed by atoms with Crippen LogP contribution in [0, 0.1) is 5.92 Å². The van der Waals surface area contributed by atoms with Crippen LogP contribution in [0.1, 0.15) is 25.8 Å². The first-order chi connectivity index (χ1) is 9.02. The van der Waals surface area contributed by atoms with Crippen molar-refractivity contribution >= 4 is 23.6 Å². The highest BCUT2D eigenvalue weighted by molar-refractivity contribution is 6.32. The molecule has 0 aromatic heterocycles. The molecule has 0 bridgehead atoms. The fraction of sp³-hybridized carbons (Fsp3) is 0.400. The Balaban J connectivity index is 2.57. The van der Waals surface area contributed by atoms with Crippen LogP contribution in [0.25, 0.3) is 6.08 Å². The summed E-state index contributed by atoms with van der Waals surface area (Å²) in [5, 5.41) is 12.6. The first-order valence-corrected chi connectivity index (χ1v) is 6.74. The third-order valence-electron chi connectivity index (χ3n) is 2.64. The third-order valence-corrected chi connectivity index (χ3v) is 2.99. The number of carbonyl (C=O) groups is 1. The summed E-state index contributed by atoms with van der Waals surface area (Å²) < 4.78 is 0. The second-order valence-electron chi connectivity index (χ2n) is 4.87. The van der Waals surface area contributed by atoms with Crippen molar-refractivity contribution in [2.75, 3.05) is 6.61 Å². The molecule has 0 fully saturated rings. The van der Waals surface area contributed by atoms with Gasteiger partial charge in [0.25, 0.3) is 0 Å². The van der Waals surface area contributed by atoms with Crippen LogP contribution in [0.2, 0.25) is 5.02 Å². The van der Waals surface area contributed by atoms with Crippen LogP contribution in [0.3, 0.4) is 0 Å². The monoisotopic (exact) mass is 281 g/mol. The van der Waals surface area contributed by atoms with Crippen molar-refractivity contribution in [2.24, 2.45) is 5.92 Å². The van der Waals surface area contributed by atoms with Crippen molar-refractivity contribution in [2.45, 2.75) is 26.3 Å². The molecular formula is C15H20ClNO2. The number of rotatable bonds is 6. The number of hydrogen-bond acceptors (Lipinski definition) is 2. The molecule has 0 aliphatic rings. The SMILES string of the molecule is CC(C)CC(CO)NC(=O)C=Cc1ccccc1Cl. The van der Waals surface area contributed by atoms with Gasteiger partial charge in [-0.15, -0.1) is 0 Å². The smallest absolute Gasteiger partial charge is 0.244 e. The van der Waals surface area contributed by atoms with Gasteiger partial charge in [0.15, 0.2) is 0 Å². The quantitative estimate of drug-likeness (QED) is 0.788. The molecule has 0 aliphatic heterocycles. The van der Waals surface area contributed by atoms with Gasteiger partial charge in [0.1, 0.15) is 0 Å². The van der Waals surface area contributed by atoms with E-state index in [1.165, 1.54) is 6.08 Å². The van der Waals surface area contributed by atoms with Crippen molar-refractivity contribution in [3.8, 4) is 0 Å². The summed E-state index contributed by atoms with van der Waals surface area (Å²) in [4.78, 5) is 11.7. The lowest BCUT2D eigenvalue weighted by atomic mass is 10.0. The molecule has 0 spiro atoms. The summed E-state index contributed by atoms with van der Waals surface area (Å²) in [7, 11) is 0. The zero-order valence-corrected chi connectivity index (χ0v) is 12.0. The fourth-order valence-electron chi connectivity index (χ4n) is 1.77. The molecule has 1 rings (SSSR count). The van der Waals surface area contributed by atoms with Gasteiger partial charge in [-0.05, 0) is 30.0 Å². The van der Waals surface area contributed by atoms with Crippen LogP contribution >= 0.6 is 11.6 Å². The minimum atomic E-state index is -0.223. The van der Waals surface area contributed by atoms with Crippen LogP contribution < -0.4 is 5.32 Å². The van der Waals surface area contributed by atoms with Crippen LogP contribution in [0.15, 0.2) is 30.3 Å². The molecule has 0 saturated carbocycles. The van der Waals surface area contributed by atoms with Crippen LogP contribution in [-0.2, 0) is 4.79 Å². The van der Waals surface area contributed by atoms with E-state index in [2.05, 4.69) is 5.32 Å². The van der Waals surface area contributed by atoms with Crippen LogP contribution in [-0.4, -0.2) is 23.7 Å². The highest BCUT2D eigenvalue weighted by Crippen LogP contribution is 2.16. The zero-order valence-electron chi connectivity index (χ0n) is 11.3. The van der Waals surface area contributed by atoms with Crippen molar-refractivity contribution in [1.82, 2.24) is 5.32 Å². The van der Waals surface area contributed by atoms with E-state index in [0.29, 0.717) is 10.9 Å². The number of amides is 1. The highest BCUT2D eigenvalue weighted by Gasteiger charge is 2.11. The number of benzene rings is 1. The lowest BCUT2D eigenvalue weighted by Gasteiger charge is -2.17. The van der Waals surface area contributed by atoms with E-state index in [4.69, 9.17) is 11.6 Å². The normalized spacial score (nSPS) is 12.9. The number of aliphatic hydroxyl groups is 1. The van der Waals surface area contributed by atoms with Gasteiger partial charge in [-0.25, -0.2) is 0 Å². The predicted octanol–water partition coefficient (Wildman–Crippen LogP) is 2.88. The van der Waals surface area contributed by atoms with E-state index in [1.54, 1.807) is 12.1 Å². The van der Waals surface area contributed by atoms with Gasteiger partial charge in [0, 0.05) is 11.1 Å². The Morgan fingerprint density at radius 3 is 2.68 bits per heavy atom. The second-order valence-corrected chi connectivity index (χ2v) is 5.28. The molecule has 0 radical (unpaired) electrons. The maximum absolute atomic E-state index is 11.7. The van der Waals surface area contributed by atoms with Gasteiger partial charge in [-0.2, -0.15) is 0 Å². The van der Waals surface area contributed by atoms with Gasteiger partial charge in [0.2, 0.25) is 5.91 Å². The standard InChI is InChI=1S/C15H20ClNO2/c1-11(2)9-13(10-18)17-15(19)8-7-12-5-3-4-6-14(12)16/h3-8,11,13,18H,9-10H2,1-2H3,(H,17,19). The lowest BCUT2D eigenvalue weighted by Crippen LogP contribution is -2.37. The summed E-state index contributed by atoms with van der Waals surface area (Å²) >= 11 is 5.99. The largest absolute Gasteiger partial charge is 0.394 e. The van der Waals surface area contributed by atoms with Gasteiger partial charge in [-0.3, -0.25) is 4.79 Å². The highest BCUT2D eigenvalue weighted by atomic mass is 35.5. The first-order valence-electron chi connectivity index (χ1n) is 6.37. The molecule has 4 heteroatoms. The number of nitrogens with one attached hydrogen (secondary N) is 1. The summed E-state index contributed by atoms with van der Waals surface area (Å²) in [6, 6.07) is 7.10. The Bertz CT molecular complexity index is 444. The number of halogens is 1. The van der Waals surface area contributed by atoms with Crippen molar-refractivity contribution < 1.29 is 9.90 Å². The number of carbonyl (C=O) groups excluding carboxylic acids is 1. The maximum Gasteiger partial charge on any atom is 0.244 e. The molecule has 2 N–H and O–H groups in total. The van der Waals surface area contributed by atoms with Gasteiger partial charge in [-0.1, -0.05) is 43.6 Å². The van der Waals surface area contributed by atoms with Crippen molar-refractivity contribution in [3.63, 3.8) is 0 Å². The Labute approximate surface area is 119 Å². The van der Waals surface area contributed by atoms with E-state index in [9.17, 15) is 9.90 Å². The van der Waals surface area contributed by atoms with E-state index >= 15 is 0 Å². The van der Waals surface area contributed by atoms with E-state index < -0.39 is 0 Å². The van der Waals surface area contributed by atoms with Gasteiger partial charge >= 0.3 is 0 Å². The molecule has 19 heavy (non-hydrogen) atoms. The average Bonchev–Trinajstić information content (AvgIpc) is 2.36. The molecule has 1 atom stereocenters. The average molecular weight is 282 g/mol. The van der Waals surface area contributed by atoms with E-state index in [1.807, 2.05) is 32.0 Å². The van der Waals surface area contributed by atoms with Gasteiger partial charge < -0.3 is 10.4 Å². The molecule has 1 unspecified atom stereocenters. The third kappa shape index (κ3) is 5.90. The molecule has 1 aromatic rings. The summed E-state index contributed by atoms with van der Waals surface area (Å²) in [5.74, 6) is 0.199. The Hall–Kier alpha value is -1.32.